The van der Waals surface area contributed by atoms with Crippen LogP contribution in [-0.2, 0) is 4.79 Å². The first-order valence-electron chi connectivity index (χ1n) is 11.7. The van der Waals surface area contributed by atoms with Gasteiger partial charge in [-0.3, -0.25) is 9.79 Å². The van der Waals surface area contributed by atoms with E-state index in [-0.39, 0.29) is 0 Å². The third-order valence-corrected chi connectivity index (χ3v) is 6.67. The van der Waals surface area contributed by atoms with Gasteiger partial charge in [0.05, 0.1) is 0 Å². The minimum Gasteiger partial charge on any atom is -0.357 e. The smallest absolute Gasteiger partial charge is 0.225 e. The minimum absolute atomic E-state index is 0.290. The molecule has 0 aromatic carbocycles. The van der Waals surface area contributed by atoms with Crippen molar-refractivity contribution in [2.45, 2.75) is 71.3 Å². The summed E-state index contributed by atoms with van der Waals surface area (Å²) in [5.74, 6) is 2.48. The van der Waals surface area contributed by atoms with E-state index in [2.05, 4.69) is 34.3 Å². The quantitative estimate of drug-likeness (QED) is 0.398. The zero-order valence-corrected chi connectivity index (χ0v) is 18.1. The number of piperidine rings is 1. The van der Waals surface area contributed by atoms with Crippen molar-refractivity contribution in [3.8, 4) is 0 Å². The van der Waals surface area contributed by atoms with Crippen molar-refractivity contribution in [3.63, 3.8) is 0 Å². The van der Waals surface area contributed by atoms with Crippen LogP contribution in [0.25, 0.3) is 0 Å². The molecule has 1 atom stereocenters. The Bertz CT molecular complexity index is 509. The maximum atomic E-state index is 12.6. The Balaban J connectivity index is 1.38. The molecule has 2 N–H and O–H groups in total. The third-order valence-electron chi connectivity index (χ3n) is 6.67. The predicted octanol–water partition coefficient (Wildman–Crippen LogP) is 2.45. The first-order chi connectivity index (χ1) is 13.7. The predicted molar refractivity (Wildman–Crippen MR) is 116 cm³/mol. The Labute approximate surface area is 171 Å². The number of nitrogens with zero attached hydrogens (tertiary/aromatic N) is 3. The number of hydrogen-bond donors (Lipinski definition) is 2. The van der Waals surface area contributed by atoms with Gasteiger partial charge in [0.1, 0.15) is 0 Å². The van der Waals surface area contributed by atoms with Gasteiger partial charge in [-0.2, -0.15) is 0 Å². The molecule has 0 spiro atoms. The van der Waals surface area contributed by atoms with Gasteiger partial charge in [0, 0.05) is 38.1 Å². The monoisotopic (exact) mass is 391 g/mol. The summed E-state index contributed by atoms with van der Waals surface area (Å²) in [6.07, 6.45) is 9.44. The third kappa shape index (κ3) is 6.36. The fourth-order valence-corrected chi connectivity index (χ4v) is 4.79. The van der Waals surface area contributed by atoms with Crippen molar-refractivity contribution in [1.82, 2.24) is 20.4 Å². The highest BCUT2D eigenvalue weighted by Gasteiger charge is 2.32. The van der Waals surface area contributed by atoms with E-state index in [1.54, 1.807) is 0 Å². The largest absolute Gasteiger partial charge is 0.357 e. The minimum atomic E-state index is 0.290. The van der Waals surface area contributed by atoms with Crippen LogP contribution < -0.4 is 10.6 Å². The fourth-order valence-electron chi connectivity index (χ4n) is 4.79. The van der Waals surface area contributed by atoms with E-state index in [9.17, 15) is 4.79 Å². The fraction of sp³-hybridized carbons (Fsp3) is 0.909. The lowest BCUT2D eigenvalue weighted by Gasteiger charge is -2.29. The Morgan fingerprint density at radius 1 is 1.07 bits per heavy atom. The van der Waals surface area contributed by atoms with E-state index >= 15 is 0 Å². The number of carbonyl (C=O) groups is 1. The van der Waals surface area contributed by atoms with Gasteiger partial charge in [-0.15, -0.1) is 0 Å². The van der Waals surface area contributed by atoms with Gasteiger partial charge in [0.2, 0.25) is 5.91 Å². The maximum absolute atomic E-state index is 12.6. The molecule has 3 rings (SSSR count). The lowest BCUT2D eigenvalue weighted by molar-refractivity contribution is -0.134. The SMILES string of the molecule is CCNC(=NCCCN1CCC(C)CC1)NC1CCN(C(=O)C2CCCC2)C1. The molecular weight excluding hydrogens is 350 g/mol. The van der Waals surface area contributed by atoms with Crippen LogP contribution in [-0.4, -0.2) is 73.5 Å². The summed E-state index contributed by atoms with van der Waals surface area (Å²) in [5, 5.41) is 6.94. The summed E-state index contributed by atoms with van der Waals surface area (Å²) in [6.45, 7) is 11.6. The molecule has 1 amide bonds. The Hall–Kier alpha value is -1.30. The Kier molecular flexibility index (Phi) is 8.44. The van der Waals surface area contributed by atoms with Gasteiger partial charge < -0.3 is 20.4 Å². The summed E-state index contributed by atoms with van der Waals surface area (Å²) >= 11 is 0. The number of guanidine groups is 1. The highest BCUT2D eigenvalue weighted by molar-refractivity contribution is 5.81. The lowest BCUT2D eigenvalue weighted by atomic mass is 9.99. The molecule has 1 saturated carbocycles. The number of aliphatic imine (C=N–C) groups is 1. The zero-order valence-electron chi connectivity index (χ0n) is 18.1. The van der Waals surface area contributed by atoms with Gasteiger partial charge in [-0.25, -0.2) is 0 Å². The molecule has 1 unspecified atom stereocenters. The molecule has 0 aromatic rings. The highest BCUT2D eigenvalue weighted by Crippen LogP contribution is 2.27. The van der Waals surface area contributed by atoms with E-state index in [0.717, 1.165) is 70.3 Å². The molecule has 6 nitrogen and oxygen atoms in total. The number of amides is 1. The van der Waals surface area contributed by atoms with E-state index in [0.29, 0.717) is 17.9 Å². The summed E-state index contributed by atoms with van der Waals surface area (Å²) in [7, 11) is 0. The van der Waals surface area contributed by atoms with Crippen molar-refractivity contribution in [1.29, 1.82) is 0 Å². The van der Waals surface area contributed by atoms with Crippen LogP contribution in [0, 0.1) is 11.8 Å². The number of rotatable bonds is 7. The van der Waals surface area contributed by atoms with Crippen LogP contribution in [0.5, 0.6) is 0 Å². The second-order valence-corrected chi connectivity index (χ2v) is 9.03. The van der Waals surface area contributed by atoms with E-state index in [1.807, 2.05) is 0 Å². The second-order valence-electron chi connectivity index (χ2n) is 9.03. The van der Waals surface area contributed by atoms with Gasteiger partial charge in [-0.1, -0.05) is 19.8 Å². The van der Waals surface area contributed by atoms with Crippen molar-refractivity contribution in [3.05, 3.63) is 0 Å². The van der Waals surface area contributed by atoms with Gasteiger partial charge in [0.15, 0.2) is 5.96 Å². The highest BCUT2D eigenvalue weighted by atomic mass is 16.2. The molecule has 1 aliphatic carbocycles. The summed E-state index contributed by atoms with van der Waals surface area (Å²) in [4.78, 5) is 22.1. The van der Waals surface area contributed by atoms with Gasteiger partial charge in [0.25, 0.3) is 0 Å². The van der Waals surface area contributed by atoms with Crippen LogP contribution in [0.4, 0.5) is 0 Å². The van der Waals surface area contributed by atoms with Crippen LogP contribution in [0.1, 0.15) is 65.2 Å². The Morgan fingerprint density at radius 3 is 2.54 bits per heavy atom. The number of nitrogens with one attached hydrogen (secondary N) is 2. The molecular formula is C22H41N5O. The number of carbonyl (C=O) groups excluding carboxylic acids is 1. The average Bonchev–Trinajstić information content (AvgIpc) is 3.38. The number of hydrogen-bond acceptors (Lipinski definition) is 3. The van der Waals surface area contributed by atoms with Crippen molar-refractivity contribution >= 4 is 11.9 Å². The van der Waals surface area contributed by atoms with E-state index < -0.39 is 0 Å². The second kappa shape index (κ2) is 11.0. The van der Waals surface area contributed by atoms with Gasteiger partial charge >= 0.3 is 0 Å². The topological polar surface area (TPSA) is 60.0 Å². The van der Waals surface area contributed by atoms with Crippen LogP contribution in [0.2, 0.25) is 0 Å². The summed E-state index contributed by atoms with van der Waals surface area (Å²) in [6, 6.07) is 0.326. The molecule has 6 heteroatoms. The molecule has 28 heavy (non-hydrogen) atoms. The summed E-state index contributed by atoms with van der Waals surface area (Å²) in [5.41, 5.74) is 0. The maximum Gasteiger partial charge on any atom is 0.225 e. The lowest BCUT2D eigenvalue weighted by Crippen LogP contribution is -2.45. The molecule has 2 heterocycles. The van der Waals surface area contributed by atoms with Crippen LogP contribution in [0.3, 0.4) is 0 Å². The standard InChI is InChI=1S/C22H41N5O/c1-3-23-22(24-12-6-13-26-14-9-18(2)10-15-26)25-20-11-16-27(17-20)21(28)19-7-4-5-8-19/h18-20H,3-17H2,1-2H3,(H2,23,24,25). The molecule has 0 radical (unpaired) electrons. The molecule has 2 saturated heterocycles. The average molecular weight is 392 g/mol. The van der Waals surface area contributed by atoms with Crippen molar-refractivity contribution < 1.29 is 4.79 Å². The van der Waals surface area contributed by atoms with Gasteiger partial charge in [-0.05, 0) is 71.0 Å². The number of likely N-dealkylation sites (tertiary alicyclic amines) is 2. The Morgan fingerprint density at radius 2 is 1.82 bits per heavy atom. The van der Waals surface area contributed by atoms with Crippen molar-refractivity contribution in [2.24, 2.45) is 16.8 Å². The molecule has 160 valence electrons. The first-order valence-corrected chi connectivity index (χ1v) is 11.7. The van der Waals surface area contributed by atoms with Crippen molar-refractivity contribution in [2.75, 3.05) is 45.8 Å². The zero-order chi connectivity index (χ0) is 19.8. The van der Waals surface area contributed by atoms with Crippen LogP contribution >= 0.6 is 0 Å². The molecule has 3 fully saturated rings. The van der Waals surface area contributed by atoms with Crippen LogP contribution in [0.15, 0.2) is 4.99 Å². The molecule has 0 aromatic heterocycles. The van der Waals surface area contributed by atoms with E-state index in [1.165, 1.54) is 38.8 Å². The normalized spacial score (nSPS) is 25.4. The molecule has 2 aliphatic heterocycles. The summed E-state index contributed by atoms with van der Waals surface area (Å²) < 4.78 is 0. The molecule has 3 aliphatic rings. The van der Waals surface area contributed by atoms with E-state index in [4.69, 9.17) is 4.99 Å². The molecule has 0 bridgehead atoms. The first kappa shape index (κ1) is 21.4.